The summed E-state index contributed by atoms with van der Waals surface area (Å²) in [4.78, 5) is 25.2. The minimum absolute atomic E-state index is 0.0446. The zero-order chi connectivity index (χ0) is 22.1. The number of carboxylic acids is 1. The summed E-state index contributed by atoms with van der Waals surface area (Å²) in [7, 11) is 0. The molecule has 9 heteroatoms. The van der Waals surface area contributed by atoms with Crippen LogP contribution in [0.5, 0.6) is 11.5 Å². The average molecular weight is 466 g/mol. The van der Waals surface area contributed by atoms with Crippen LogP contribution < -0.4 is 4.74 Å². The van der Waals surface area contributed by atoms with Crippen molar-refractivity contribution in [3.8, 4) is 11.5 Å². The van der Waals surface area contributed by atoms with Gasteiger partial charge in [-0.1, -0.05) is 23.2 Å². The van der Waals surface area contributed by atoms with Crippen LogP contribution in [0.1, 0.15) is 28.8 Å². The molecule has 2 fully saturated rings. The first-order valence-electron chi connectivity index (χ1n) is 9.88. The van der Waals surface area contributed by atoms with E-state index in [1.165, 1.54) is 12.1 Å². The molecule has 2 N–H and O–H groups in total. The van der Waals surface area contributed by atoms with Gasteiger partial charge in [-0.3, -0.25) is 0 Å². The molecule has 3 atom stereocenters. The van der Waals surface area contributed by atoms with Crippen molar-refractivity contribution in [3.05, 3.63) is 57.6 Å². The van der Waals surface area contributed by atoms with Crippen LogP contribution in [0, 0.1) is 11.8 Å². The van der Waals surface area contributed by atoms with Gasteiger partial charge in [0.25, 0.3) is 0 Å². The highest BCUT2D eigenvalue weighted by Crippen LogP contribution is 2.40. The molecule has 1 saturated heterocycles. The van der Waals surface area contributed by atoms with E-state index in [9.17, 15) is 14.7 Å². The highest BCUT2D eigenvalue weighted by molar-refractivity contribution is 6.34. The molecule has 0 aromatic heterocycles. The second kappa shape index (κ2) is 8.85. The molecule has 31 heavy (non-hydrogen) atoms. The molecule has 2 aromatic rings. The first-order valence-corrected chi connectivity index (χ1v) is 10.6. The number of fused-ring (bicyclic) bond motifs is 1. The number of likely N-dealkylation sites (tertiary alicyclic amines) is 1. The van der Waals surface area contributed by atoms with Crippen LogP contribution in [0.25, 0.3) is 0 Å². The summed E-state index contributed by atoms with van der Waals surface area (Å²) in [6.45, 7) is 1.30. The van der Waals surface area contributed by atoms with E-state index >= 15 is 0 Å². The number of phenols is 1. The van der Waals surface area contributed by atoms with Crippen LogP contribution in [0.15, 0.2) is 36.4 Å². The second-order valence-corrected chi connectivity index (χ2v) is 8.83. The molecular formula is C22H21Cl2NO6. The molecule has 4 rings (SSSR count). The monoisotopic (exact) mass is 465 g/mol. The highest BCUT2D eigenvalue weighted by Gasteiger charge is 2.43. The number of hydrogen-bond donors (Lipinski definition) is 2. The van der Waals surface area contributed by atoms with Crippen LogP contribution >= 0.6 is 23.2 Å². The fourth-order valence-electron chi connectivity index (χ4n) is 4.38. The van der Waals surface area contributed by atoms with Crippen molar-refractivity contribution in [1.82, 2.24) is 4.90 Å². The van der Waals surface area contributed by atoms with Crippen molar-refractivity contribution < 1.29 is 29.3 Å². The van der Waals surface area contributed by atoms with Gasteiger partial charge >= 0.3 is 12.1 Å². The Morgan fingerprint density at radius 2 is 1.68 bits per heavy atom. The van der Waals surface area contributed by atoms with Gasteiger partial charge in [-0.15, -0.1) is 0 Å². The number of amides is 1. The number of aromatic hydroxyl groups is 1. The lowest BCUT2D eigenvalue weighted by Gasteiger charge is -2.20. The van der Waals surface area contributed by atoms with Gasteiger partial charge in [-0.05, 0) is 60.6 Å². The zero-order valence-electron chi connectivity index (χ0n) is 16.5. The minimum Gasteiger partial charge on any atom is -0.507 e. The Kier molecular flexibility index (Phi) is 6.16. The summed E-state index contributed by atoms with van der Waals surface area (Å²) in [5, 5.41) is 19.8. The van der Waals surface area contributed by atoms with E-state index in [-0.39, 0.29) is 30.1 Å². The standard InChI is InChI=1S/C22H21Cl2NO6/c23-15-3-12(4-16(24)7-15)11-30-22(29)25-9-13-5-18(6-14(13)10-25)31-17-1-2-19(21(27)28)20(26)8-17/h1-4,7-8,13-14,18,26H,5-6,9-11H2,(H,27,28)/t13-,14+,18-. The van der Waals surface area contributed by atoms with E-state index in [1.807, 2.05) is 0 Å². The number of carboxylic acid groups (broad SMARTS) is 1. The molecule has 0 unspecified atom stereocenters. The number of halogens is 2. The topological polar surface area (TPSA) is 96.3 Å². The van der Waals surface area contributed by atoms with E-state index in [1.54, 1.807) is 29.2 Å². The summed E-state index contributed by atoms with van der Waals surface area (Å²) < 4.78 is 11.4. The van der Waals surface area contributed by atoms with Crippen molar-refractivity contribution in [3.63, 3.8) is 0 Å². The molecule has 7 nitrogen and oxygen atoms in total. The molecular weight excluding hydrogens is 445 g/mol. The van der Waals surface area contributed by atoms with Crippen LogP contribution in [-0.4, -0.2) is 46.4 Å². The predicted molar refractivity (Wildman–Crippen MR) is 114 cm³/mol. The van der Waals surface area contributed by atoms with Gasteiger partial charge in [0.05, 0.1) is 6.10 Å². The van der Waals surface area contributed by atoms with Gasteiger partial charge < -0.3 is 24.6 Å². The van der Waals surface area contributed by atoms with Crippen LogP contribution in [0.4, 0.5) is 4.79 Å². The van der Waals surface area contributed by atoms with Gasteiger partial charge in [-0.25, -0.2) is 9.59 Å². The maximum atomic E-state index is 12.4. The molecule has 1 amide bonds. The first kappa shape index (κ1) is 21.6. The number of hydrogen-bond acceptors (Lipinski definition) is 5. The van der Waals surface area contributed by atoms with E-state index in [0.717, 1.165) is 18.4 Å². The molecule has 0 spiro atoms. The van der Waals surface area contributed by atoms with Gasteiger partial charge in [-0.2, -0.15) is 0 Å². The number of benzene rings is 2. The molecule has 1 heterocycles. The lowest BCUT2D eigenvalue weighted by Crippen LogP contribution is -2.31. The van der Waals surface area contributed by atoms with Crippen molar-refractivity contribution in [2.45, 2.75) is 25.6 Å². The summed E-state index contributed by atoms with van der Waals surface area (Å²) in [6.07, 6.45) is 1.15. The summed E-state index contributed by atoms with van der Waals surface area (Å²) in [6, 6.07) is 9.24. The Bertz CT molecular complexity index is 979. The quantitative estimate of drug-likeness (QED) is 0.656. The van der Waals surface area contributed by atoms with Crippen molar-refractivity contribution in [2.24, 2.45) is 11.8 Å². The van der Waals surface area contributed by atoms with Crippen molar-refractivity contribution in [2.75, 3.05) is 13.1 Å². The highest BCUT2D eigenvalue weighted by atomic mass is 35.5. The molecule has 164 valence electrons. The van der Waals surface area contributed by atoms with Gasteiger partial charge in [0.2, 0.25) is 0 Å². The molecule has 2 aromatic carbocycles. The Labute approximate surface area is 189 Å². The fourth-order valence-corrected chi connectivity index (χ4v) is 4.95. The van der Waals surface area contributed by atoms with E-state index < -0.39 is 5.97 Å². The van der Waals surface area contributed by atoms with Gasteiger partial charge in [0.15, 0.2) is 0 Å². The van der Waals surface area contributed by atoms with Gasteiger partial charge in [0, 0.05) is 29.2 Å². The lowest BCUT2D eigenvalue weighted by atomic mass is 10.0. The number of carbonyl (C=O) groups is 2. The summed E-state index contributed by atoms with van der Waals surface area (Å²) in [5.41, 5.74) is 0.570. The Morgan fingerprint density at radius 1 is 1.03 bits per heavy atom. The maximum Gasteiger partial charge on any atom is 0.410 e. The average Bonchev–Trinajstić information content (AvgIpc) is 3.24. The second-order valence-electron chi connectivity index (χ2n) is 7.95. The van der Waals surface area contributed by atoms with Crippen LogP contribution in [0.2, 0.25) is 10.0 Å². The zero-order valence-corrected chi connectivity index (χ0v) is 18.0. The number of nitrogens with zero attached hydrogens (tertiary/aromatic N) is 1. The SMILES string of the molecule is O=C(O)c1ccc(O[C@@H]2C[C@@H]3CN(C(=O)OCc4cc(Cl)cc(Cl)c4)C[C@@H]3C2)cc1O. The molecule has 1 aliphatic heterocycles. The Hall–Kier alpha value is -2.64. The minimum atomic E-state index is -1.19. The third kappa shape index (κ3) is 4.99. The first-order chi connectivity index (χ1) is 14.8. The van der Waals surface area contributed by atoms with Gasteiger partial charge in [0.1, 0.15) is 23.7 Å². The number of aromatic carboxylic acids is 1. The number of ether oxygens (including phenoxy) is 2. The molecule has 1 aliphatic carbocycles. The molecule has 0 radical (unpaired) electrons. The third-order valence-corrected chi connectivity index (χ3v) is 6.19. The number of carbonyl (C=O) groups excluding carboxylic acids is 1. The van der Waals surface area contributed by atoms with Crippen molar-refractivity contribution >= 4 is 35.3 Å². The summed E-state index contributed by atoms with van der Waals surface area (Å²) in [5.74, 6) is -0.456. The van der Waals surface area contributed by atoms with E-state index in [4.69, 9.17) is 37.8 Å². The lowest BCUT2D eigenvalue weighted by molar-refractivity contribution is 0.0693. The van der Waals surface area contributed by atoms with Crippen molar-refractivity contribution in [1.29, 1.82) is 0 Å². The fraction of sp³-hybridized carbons (Fsp3) is 0.364. The molecule has 0 bridgehead atoms. The largest absolute Gasteiger partial charge is 0.507 e. The molecule has 2 aliphatic rings. The molecule has 1 saturated carbocycles. The summed E-state index contributed by atoms with van der Waals surface area (Å²) >= 11 is 11.9. The van der Waals surface area contributed by atoms with E-state index in [0.29, 0.717) is 40.7 Å². The number of rotatable bonds is 5. The Balaban J connectivity index is 1.27. The Morgan fingerprint density at radius 3 is 2.26 bits per heavy atom. The smallest absolute Gasteiger partial charge is 0.410 e. The van der Waals surface area contributed by atoms with Crippen LogP contribution in [0.3, 0.4) is 0 Å². The maximum absolute atomic E-state index is 12.4. The van der Waals surface area contributed by atoms with E-state index in [2.05, 4.69) is 0 Å². The normalized spacial score (nSPS) is 22.3. The predicted octanol–water partition coefficient (Wildman–Crippen LogP) is 4.82. The van der Waals surface area contributed by atoms with Crippen LogP contribution in [-0.2, 0) is 11.3 Å². The third-order valence-electron chi connectivity index (χ3n) is 5.75.